The van der Waals surface area contributed by atoms with Crippen molar-refractivity contribution in [2.75, 3.05) is 6.54 Å². The molecule has 0 unspecified atom stereocenters. The molecule has 0 aliphatic carbocycles. The third-order valence-electron chi connectivity index (χ3n) is 3.55. The monoisotopic (exact) mass is 287 g/mol. The van der Waals surface area contributed by atoms with Crippen LogP contribution < -0.4 is 0 Å². The number of aromatic nitrogens is 2. The van der Waals surface area contributed by atoms with Gasteiger partial charge in [0, 0.05) is 17.7 Å². The molecule has 1 aromatic carbocycles. The number of nitrogens with zero attached hydrogens (tertiary/aromatic N) is 3. The molecule has 1 aromatic heterocycles. The summed E-state index contributed by atoms with van der Waals surface area (Å²) in [6, 6.07) is 5.99. The van der Waals surface area contributed by atoms with E-state index in [-0.39, 0.29) is 5.91 Å². The van der Waals surface area contributed by atoms with E-state index in [9.17, 15) is 9.59 Å². The largest absolute Gasteiger partial charge is 0.480 e. The van der Waals surface area contributed by atoms with Crippen LogP contribution in [0.3, 0.4) is 0 Å². The Morgan fingerprint density at radius 1 is 1.29 bits per heavy atom. The number of aliphatic carboxylic acids is 1. The Balaban J connectivity index is 1.80. The fourth-order valence-corrected chi connectivity index (χ4v) is 2.49. The number of hydrogen-bond acceptors (Lipinski definition) is 5. The van der Waals surface area contributed by atoms with Gasteiger partial charge in [-0.3, -0.25) is 4.79 Å². The molecule has 0 bridgehead atoms. The van der Waals surface area contributed by atoms with Crippen molar-refractivity contribution in [3.05, 3.63) is 36.2 Å². The van der Waals surface area contributed by atoms with E-state index in [1.54, 1.807) is 24.3 Å². The smallest absolute Gasteiger partial charge is 0.326 e. The number of carboxylic acids is 1. The van der Waals surface area contributed by atoms with Crippen molar-refractivity contribution >= 4 is 11.9 Å². The Kier molecular flexibility index (Phi) is 3.39. The Morgan fingerprint density at radius 3 is 2.67 bits per heavy atom. The normalized spacial score (nSPS) is 17.9. The number of likely N-dealkylation sites (tertiary alicyclic amines) is 1. The molecule has 1 saturated heterocycles. The second-order valence-corrected chi connectivity index (χ2v) is 4.83. The van der Waals surface area contributed by atoms with Crippen molar-refractivity contribution in [3.8, 4) is 11.4 Å². The zero-order valence-corrected chi connectivity index (χ0v) is 11.1. The molecule has 1 amide bonds. The first-order valence-corrected chi connectivity index (χ1v) is 6.57. The minimum atomic E-state index is -0.954. The molecular formula is C14H13N3O4. The molecule has 0 saturated carbocycles. The maximum Gasteiger partial charge on any atom is 0.326 e. The van der Waals surface area contributed by atoms with Crippen LogP contribution in [0.5, 0.6) is 0 Å². The second-order valence-electron chi connectivity index (χ2n) is 4.83. The highest BCUT2D eigenvalue weighted by atomic mass is 16.5. The second kappa shape index (κ2) is 5.35. The summed E-state index contributed by atoms with van der Waals surface area (Å²) in [7, 11) is 0. The standard InChI is InChI=1S/C14H13N3O4/c18-13(17-7-1-2-11(17)14(19)20)10-5-3-9(4-6-10)12-15-8-21-16-12/h3-6,8,11H,1-2,7H2,(H,19,20)/t11-/m0/s1. The summed E-state index contributed by atoms with van der Waals surface area (Å²) in [6.45, 7) is 0.475. The lowest BCUT2D eigenvalue weighted by Gasteiger charge is -2.21. The zero-order valence-electron chi connectivity index (χ0n) is 11.1. The molecular weight excluding hydrogens is 274 g/mol. The topological polar surface area (TPSA) is 96.5 Å². The van der Waals surface area contributed by atoms with Crippen molar-refractivity contribution in [3.63, 3.8) is 0 Å². The van der Waals surface area contributed by atoms with Crippen LogP contribution in [-0.4, -0.2) is 44.6 Å². The van der Waals surface area contributed by atoms with Crippen LogP contribution in [-0.2, 0) is 4.79 Å². The number of hydrogen-bond donors (Lipinski definition) is 1. The van der Waals surface area contributed by atoms with E-state index >= 15 is 0 Å². The van der Waals surface area contributed by atoms with Gasteiger partial charge in [0.1, 0.15) is 6.04 Å². The van der Waals surface area contributed by atoms with Gasteiger partial charge in [-0.25, -0.2) is 4.79 Å². The quantitative estimate of drug-likeness (QED) is 0.917. The van der Waals surface area contributed by atoms with Crippen LogP contribution >= 0.6 is 0 Å². The molecule has 1 aliphatic rings. The van der Waals surface area contributed by atoms with E-state index < -0.39 is 12.0 Å². The van der Waals surface area contributed by atoms with Crippen LogP contribution in [0.25, 0.3) is 11.4 Å². The van der Waals surface area contributed by atoms with E-state index in [1.807, 2.05) is 0 Å². The Bertz CT molecular complexity index is 651. The molecule has 1 atom stereocenters. The fourth-order valence-electron chi connectivity index (χ4n) is 2.49. The molecule has 1 fully saturated rings. The van der Waals surface area contributed by atoms with Crippen molar-refractivity contribution in [2.24, 2.45) is 0 Å². The van der Waals surface area contributed by atoms with Gasteiger partial charge in [-0.05, 0) is 25.0 Å². The highest BCUT2D eigenvalue weighted by Crippen LogP contribution is 2.22. The van der Waals surface area contributed by atoms with Crippen LogP contribution in [0.2, 0.25) is 0 Å². The predicted molar refractivity (Wildman–Crippen MR) is 71.4 cm³/mol. The predicted octanol–water partition coefficient (Wildman–Crippen LogP) is 1.43. The van der Waals surface area contributed by atoms with E-state index in [1.165, 1.54) is 11.3 Å². The Labute approximate surface area is 120 Å². The lowest BCUT2D eigenvalue weighted by molar-refractivity contribution is -0.141. The number of rotatable bonds is 3. The number of amides is 1. The minimum absolute atomic E-state index is 0.264. The molecule has 0 spiro atoms. The average Bonchev–Trinajstić information content (AvgIpc) is 3.18. The van der Waals surface area contributed by atoms with Crippen LogP contribution in [0.1, 0.15) is 23.2 Å². The molecule has 21 heavy (non-hydrogen) atoms. The molecule has 2 aromatic rings. The number of carbonyl (C=O) groups is 2. The maximum absolute atomic E-state index is 12.4. The fraction of sp³-hybridized carbons (Fsp3) is 0.286. The highest BCUT2D eigenvalue weighted by Gasteiger charge is 2.34. The van der Waals surface area contributed by atoms with Crippen LogP contribution in [0, 0.1) is 0 Å². The van der Waals surface area contributed by atoms with E-state index in [0.717, 1.165) is 5.56 Å². The first-order valence-electron chi connectivity index (χ1n) is 6.57. The number of benzene rings is 1. The highest BCUT2D eigenvalue weighted by molar-refractivity contribution is 5.97. The van der Waals surface area contributed by atoms with Gasteiger partial charge in [0.25, 0.3) is 5.91 Å². The number of carboxylic acid groups (broad SMARTS) is 1. The summed E-state index contributed by atoms with van der Waals surface area (Å²) in [5, 5.41) is 12.8. The lowest BCUT2D eigenvalue weighted by Crippen LogP contribution is -2.40. The van der Waals surface area contributed by atoms with Gasteiger partial charge in [-0.2, -0.15) is 4.98 Å². The summed E-state index contributed by atoms with van der Waals surface area (Å²) in [5.74, 6) is -0.776. The summed E-state index contributed by atoms with van der Waals surface area (Å²) in [6.07, 6.45) is 2.45. The summed E-state index contributed by atoms with van der Waals surface area (Å²) in [4.78, 5) is 28.8. The molecule has 7 heteroatoms. The Hall–Kier alpha value is -2.70. The molecule has 1 N–H and O–H groups in total. The summed E-state index contributed by atoms with van der Waals surface area (Å²) >= 11 is 0. The zero-order chi connectivity index (χ0) is 14.8. The van der Waals surface area contributed by atoms with Crippen molar-refractivity contribution < 1.29 is 19.2 Å². The molecule has 2 heterocycles. The third-order valence-corrected chi connectivity index (χ3v) is 3.55. The van der Waals surface area contributed by atoms with E-state index in [0.29, 0.717) is 30.8 Å². The summed E-state index contributed by atoms with van der Waals surface area (Å²) in [5.41, 5.74) is 1.19. The van der Waals surface area contributed by atoms with E-state index in [2.05, 4.69) is 14.7 Å². The Morgan fingerprint density at radius 2 is 2.05 bits per heavy atom. The van der Waals surface area contributed by atoms with Gasteiger partial charge in [-0.1, -0.05) is 17.3 Å². The van der Waals surface area contributed by atoms with Crippen molar-refractivity contribution in [1.29, 1.82) is 0 Å². The molecule has 7 nitrogen and oxygen atoms in total. The molecule has 1 aliphatic heterocycles. The van der Waals surface area contributed by atoms with Crippen molar-refractivity contribution in [2.45, 2.75) is 18.9 Å². The van der Waals surface area contributed by atoms with Gasteiger partial charge in [-0.15, -0.1) is 0 Å². The molecule has 3 rings (SSSR count). The average molecular weight is 287 g/mol. The SMILES string of the molecule is O=C(O)[C@@H]1CCCN1C(=O)c1ccc(-c2ncon2)cc1. The lowest BCUT2D eigenvalue weighted by atomic mass is 10.1. The van der Waals surface area contributed by atoms with Crippen molar-refractivity contribution in [1.82, 2.24) is 15.0 Å². The van der Waals surface area contributed by atoms with Gasteiger partial charge >= 0.3 is 5.97 Å². The summed E-state index contributed by atoms with van der Waals surface area (Å²) < 4.78 is 4.67. The van der Waals surface area contributed by atoms with Gasteiger partial charge in [0.15, 0.2) is 0 Å². The van der Waals surface area contributed by atoms with Gasteiger partial charge in [0.05, 0.1) is 0 Å². The van der Waals surface area contributed by atoms with Gasteiger partial charge in [0.2, 0.25) is 12.2 Å². The van der Waals surface area contributed by atoms with Crippen LogP contribution in [0.15, 0.2) is 35.2 Å². The van der Waals surface area contributed by atoms with Gasteiger partial charge < -0.3 is 14.5 Å². The molecule has 108 valence electrons. The first-order chi connectivity index (χ1) is 10.2. The first kappa shape index (κ1) is 13.3. The van der Waals surface area contributed by atoms with Crippen LogP contribution in [0.4, 0.5) is 0 Å². The van der Waals surface area contributed by atoms with E-state index in [4.69, 9.17) is 5.11 Å². The molecule has 0 radical (unpaired) electrons. The number of carbonyl (C=O) groups excluding carboxylic acids is 1. The minimum Gasteiger partial charge on any atom is -0.480 e. The third kappa shape index (κ3) is 2.49. The maximum atomic E-state index is 12.4.